The number of rotatable bonds is 5. The van der Waals surface area contributed by atoms with Crippen LogP contribution in [0.2, 0.25) is 10.0 Å². The molecule has 1 saturated heterocycles. The molecular formula is C26H19Cl2NO5. The molecule has 2 saturated carbocycles. The number of Topliss-reactive ketones (excluding diaryl/α,β-unsaturated/α-hetero) is 1. The highest BCUT2D eigenvalue weighted by molar-refractivity contribution is 6.36. The molecule has 8 heteroatoms. The lowest BCUT2D eigenvalue weighted by atomic mass is 9.63. The van der Waals surface area contributed by atoms with Crippen LogP contribution in [0.1, 0.15) is 27.1 Å². The van der Waals surface area contributed by atoms with Gasteiger partial charge in [0, 0.05) is 10.6 Å². The number of imide groups is 1. The number of carbonyl (C=O) groups excluding carboxylic acids is 4. The van der Waals surface area contributed by atoms with Gasteiger partial charge in [-0.1, -0.05) is 41.4 Å². The lowest BCUT2D eigenvalue weighted by molar-refractivity contribution is -0.124. The molecule has 5 aliphatic rings. The average Bonchev–Trinajstić information content (AvgIpc) is 3.60. The van der Waals surface area contributed by atoms with E-state index >= 15 is 0 Å². The Labute approximate surface area is 205 Å². The fourth-order valence-corrected chi connectivity index (χ4v) is 6.51. The third-order valence-electron chi connectivity index (χ3n) is 7.57. The molecule has 2 aromatic rings. The minimum Gasteiger partial charge on any atom is -0.454 e. The van der Waals surface area contributed by atoms with Gasteiger partial charge < -0.3 is 4.74 Å². The van der Waals surface area contributed by atoms with Crippen LogP contribution in [-0.2, 0) is 14.3 Å². The number of halogens is 2. The number of amides is 2. The largest absolute Gasteiger partial charge is 0.454 e. The van der Waals surface area contributed by atoms with E-state index in [1.165, 1.54) is 35.2 Å². The summed E-state index contributed by atoms with van der Waals surface area (Å²) in [5.74, 6) is -0.952. The molecule has 7 rings (SSSR count). The summed E-state index contributed by atoms with van der Waals surface area (Å²) < 4.78 is 5.18. The lowest BCUT2D eigenvalue weighted by Gasteiger charge is -2.37. The van der Waals surface area contributed by atoms with Crippen molar-refractivity contribution in [2.75, 3.05) is 11.5 Å². The Kier molecular flexibility index (Phi) is 4.94. The van der Waals surface area contributed by atoms with Crippen LogP contribution in [0.3, 0.4) is 0 Å². The standard InChI is InChI=1S/C26H19Cl2NO5/c27-13-4-5-17(20(28)9-13)21(30)11-34-26(33)12-2-1-3-14(8-12)29-24(31)22-15-6-7-16(19-10-18(15)19)23(22)25(29)32/h1-9,15-16,18-19,22-23H,10-11H2/t15-,16-,18-,19-,22-,23+/m0/s1. The molecule has 6 atom stereocenters. The Morgan fingerprint density at radius 1 is 0.941 bits per heavy atom. The highest BCUT2D eigenvalue weighted by atomic mass is 35.5. The number of hydrogen-bond acceptors (Lipinski definition) is 5. The van der Waals surface area contributed by atoms with Crippen LogP contribution in [0.4, 0.5) is 5.69 Å². The summed E-state index contributed by atoms with van der Waals surface area (Å²) in [4.78, 5) is 52.9. The van der Waals surface area contributed by atoms with Gasteiger partial charge in [-0.15, -0.1) is 0 Å². The Bertz CT molecular complexity index is 1270. The first-order valence-corrected chi connectivity index (χ1v) is 11.9. The van der Waals surface area contributed by atoms with Gasteiger partial charge in [0.15, 0.2) is 6.61 Å². The molecule has 0 unspecified atom stereocenters. The Balaban J connectivity index is 1.19. The number of nitrogens with zero attached hydrogens (tertiary/aromatic N) is 1. The summed E-state index contributed by atoms with van der Waals surface area (Å²) in [5.41, 5.74) is 0.690. The smallest absolute Gasteiger partial charge is 0.338 e. The van der Waals surface area contributed by atoms with E-state index in [0.29, 0.717) is 22.5 Å². The lowest BCUT2D eigenvalue weighted by Crippen LogP contribution is -2.40. The second kappa shape index (κ2) is 7.79. The van der Waals surface area contributed by atoms with Crippen molar-refractivity contribution in [3.05, 3.63) is 75.8 Å². The normalized spacial score (nSPS) is 30.2. The van der Waals surface area contributed by atoms with Gasteiger partial charge in [-0.3, -0.25) is 14.4 Å². The van der Waals surface area contributed by atoms with Gasteiger partial charge in [0.05, 0.1) is 28.1 Å². The van der Waals surface area contributed by atoms with Crippen molar-refractivity contribution in [1.82, 2.24) is 0 Å². The fraction of sp³-hybridized carbons (Fsp3) is 0.308. The maximum Gasteiger partial charge on any atom is 0.338 e. The third kappa shape index (κ3) is 3.23. The molecule has 2 amide bonds. The maximum atomic E-state index is 13.3. The summed E-state index contributed by atoms with van der Waals surface area (Å²) in [6.07, 6.45) is 5.33. The highest BCUT2D eigenvalue weighted by Gasteiger charge is 2.67. The summed E-state index contributed by atoms with van der Waals surface area (Å²) in [6.45, 7) is -0.506. The molecule has 4 aliphatic carbocycles. The molecule has 3 fully saturated rings. The number of esters is 1. The molecular weight excluding hydrogens is 477 g/mol. The number of allylic oxidation sites excluding steroid dienone is 2. The van der Waals surface area contributed by atoms with Crippen molar-refractivity contribution in [1.29, 1.82) is 0 Å². The SMILES string of the molecule is O=C(OCC(=O)c1ccc(Cl)cc1Cl)c1cccc(N2C(=O)[C@@H]3[C@H]4C=C[C@@H]([C@@H]5C[C@@H]45)[C@@H]3C2=O)c1. The predicted molar refractivity (Wildman–Crippen MR) is 125 cm³/mol. The summed E-state index contributed by atoms with van der Waals surface area (Å²) in [5, 5.41) is 0.561. The van der Waals surface area contributed by atoms with Crippen molar-refractivity contribution in [2.45, 2.75) is 6.42 Å². The zero-order chi connectivity index (χ0) is 23.7. The van der Waals surface area contributed by atoms with Crippen molar-refractivity contribution in [3.63, 3.8) is 0 Å². The van der Waals surface area contributed by atoms with Gasteiger partial charge in [-0.05, 0) is 66.5 Å². The van der Waals surface area contributed by atoms with Crippen molar-refractivity contribution in [2.24, 2.45) is 35.5 Å². The molecule has 2 bridgehead atoms. The Morgan fingerprint density at radius 3 is 2.26 bits per heavy atom. The molecule has 2 aromatic carbocycles. The van der Waals surface area contributed by atoms with Crippen molar-refractivity contribution in [3.8, 4) is 0 Å². The van der Waals surface area contributed by atoms with Crippen molar-refractivity contribution >= 4 is 52.5 Å². The number of ether oxygens (including phenoxy) is 1. The van der Waals surface area contributed by atoms with E-state index in [4.69, 9.17) is 27.9 Å². The van der Waals surface area contributed by atoms with E-state index in [1.807, 2.05) is 0 Å². The zero-order valence-corrected chi connectivity index (χ0v) is 19.3. The monoisotopic (exact) mass is 495 g/mol. The van der Waals surface area contributed by atoms with E-state index in [2.05, 4.69) is 12.2 Å². The van der Waals surface area contributed by atoms with Gasteiger partial charge >= 0.3 is 5.97 Å². The van der Waals surface area contributed by atoms with Gasteiger partial charge in [0.1, 0.15) is 0 Å². The molecule has 1 aliphatic heterocycles. The quantitative estimate of drug-likeness (QED) is 0.262. The summed E-state index contributed by atoms with van der Waals surface area (Å²) in [7, 11) is 0. The van der Waals surface area contributed by atoms with Crippen LogP contribution in [0, 0.1) is 35.5 Å². The molecule has 1 heterocycles. The molecule has 0 aromatic heterocycles. The van der Waals surface area contributed by atoms with Crippen molar-refractivity contribution < 1.29 is 23.9 Å². The first-order chi connectivity index (χ1) is 16.3. The van der Waals surface area contributed by atoms with E-state index in [-0.39, 0.29) is 51.6 Å². The fourth-order valence-electron chi connectivity index (χ4n) is 5.99. The van der Waals surface area contributed by atoms with Crippen LogP contribution in [0.5, 0.6) is 0 Å². The highest BCUT2D eigenvalue weighted by Crippen LogP contribution is 2.65. The molecule has 0 spiro atoms. The topological polar surface area (TPSA) is 80.8 Å². The van der Waals surface area contributed by atoms with Gasteiger partial charge in [0.25, 0.3) is 0 Å². The number of carbonyl (C=O) groups is 4. The van der Waals surface area contributed by atoms with E-state index in [9.17, 15) is 19.2 Å². The van der Waals surface area contributed by atoms with Crippen LogP contribution in [0.15, 0.2) is 54.6 Å². The van der Waals surface area contributed by atoms with E-state index < -0.39 is 18.4 Å². The third-order valence-corrected chi connectivity index (χ3v) is 8.12. The Hall–Kier alpha value is -2.96. The minimum absolute atomic E-state index is 0.125. The first-order valence-electron chi connectivity index (χ1n) is 11.2. The van der Waals surface area contributed by atoms with Crippen LogP contribution >= 0.6 is 23.2 Å². The van der Waals surface area contributed by atoms with Gasteiger partial charge in [0.2, 0.25) is 17.6 Å². The maximum absolute atomic E-state index is 13.3. The number of hydrogen-bond donors (Lipinski definition) is 0. The molecule has 172 valence electrons. The summed E-state index contributed by atoms with van der Waals surface area (Å²) >= 11 is 11.9. The average molecular weight is 496 g/mol. The number of anilines is 1. The van der Waals surface area contributed by atoms with E-state index in [0.717, 1.165) is 6.42 Å². The first kappa shape index (κ1) is 21.6. The van der Waals surface area contributed by atoms with Gasteiger partial charge in [-0.25, -0.2) is 9.69 Å². The second-order valence-electron chi connectivity index (χ2n) is 9.34. The Morgan fingerprint density at radius 2 is 1.62 bits per heavy atom. The molecule has 6 nitrogen and oxygen atoms in total. The minimum atomic E-state index is -0.736. The predicted octanol–water partition coefficient (Wildman–Crippen LogP) is 4.59. The zero-order valence-electron chi connectivity index (χ0n) is 17.8. The molecule has 0 radical (unpaired) electrons. The number of benzene rings is 2. The molecule has 0 N–H and O–H groups in total. The van der Waals surface area contributed by atoms with Crippen LogP contribution in [0.25, 0.3) is 0 Å². The second-order valence-corrected chi connectivity index (χ2v) is 10.2. The van der Waals surface area contributed by atoms with E-state index in [1.54, 1.807) is 12.1 Å². The van der Waals surface area contributed by atoms with Gasteiger partial charge in [-0.2, -0.15) is 0 Å². The van der Waals surface area contributed by atoms with Crippen LogP contribution < -0.4 is 4.90 Å². The summed E-state index contributed by atoms with van der Waals surface area (Å²) in [6, 6.07) is 10.6. The molecule has 34 heavy (non-hydrogen) atoms. The van der Waals surface area contributed by atoms with Crippen LogP contribution in [-0.4, -0.2) is 30.2 Å². The number of ketones is 1.